The summed E-state index contributed by atoms with van der Waals surface area (Å²) < 4.78 is 20.9. The van der Waals surface area contributed by atoms with Gasteiger partial charge in [0.05, 0.1) is 22.7 Å². The number of alkyl halides is 1. The number of hydrogen-bond acceptors (Lipinski definition) is 5. The summed E-state index contributed by atoms with van der Waals surface area (Å²) in [7, 11) is 1.58. The topological polar surface area (TPSA) is 45.6 Å². The van der Waals surface area contributed by atoms with E-state index in [1.165, 1.54) is 6.20 Å². The van der Waals surface area contributed by atoms with Gasteiger partial charge in [-0.25, -0.2) is 4.39 Å². The minimum Gasteiger partial charge on any atom is -0.497 e. The summed E-state index contributed by atoms with van der Waals surface area (Å²) in [6.07, 6.45) is 2.89. The quantitative estimate of drug-likeness (QED) is 0.277. The Bertz CT molecular complexity index is 1140. The van der Waals surface area contributed by atoms with Gasteiger partial charge in [0.2, 0.25) is 0 Å². The molecule has 2 heterocycles. The molecule has 8 heteroatoms. The highest BCUT2D eigenvalue weighted by atomic mass is 35.5. The van der Waals surface area contributed by atoms with Crippen LogP contribution in [0.2, 0.25) is 10.0 Å². The number of halogens is 3. The molecule has 0 radical (unpaired) electrons. The molecule has 2 aromatic carbocycles. The highest BCUT2D eigenvalue weighted by molar-refractivity contribution is 7.99. The van der Waals surface area contributed by atoms with E-state index in [0.29, 0.717) is 40.1 Å². The number of hydrogen-bond donors (Lipinski definition) is 1. The molecule has 1 aliphatic heterocycles. The van der Waals surface area contributed by atoms with Crippen LogP contribution in [0, 0.1) is 5.41 Å². The van der Waals surface area contributed by atoms with E-state index in [4.69, 9.17) is 27.9 Å². The van der Waals surface area contributed by atoms with Crippen LogP contribution < -0.4 is 4.74 Å². The number of aliphatic hydroxyl groups excluding tert-OH is 1. The van der Waals surface area contributed by atoms with Crippen LogP contribution in [0.3, 0.4) is 0 Å². The second-order valence-electron chi connectivity index (χ2n) is 9.19. The van der Waals surface area contributed by atoms with Gasteiger partial charge in [-0.2, -0.15) is 0 Å². The van der Waals surface area contributed by atoms with Gasteiger partial charge in [-0.1, -0.05) is 35.3 Å². The van der Waals surface area contributed by atoms with Crippen LogP contribution in [0.1, 0.15) is 37.4 Å². The molecule has 1 aromatic heterocycles. The van der Waals surface area contributed by atoms with Crippen LogP contribution in [0.15, 0.2) is 53.6 Å². The Labute approximate surface area is 220 Å². The second-order valence-corrected chi connectivity index (χ2v) is 11.1. The maximum atomic E-state index is 15.6. The van der Waals surface area contributed by atoms with Crippen molar-refractivity contribution in [2.75, 3.05) is 39.1 Å². The summed E-state index contributed by atoms with van der Waals surface area (Å²) in [6.45, 7) is 2.83. The predicted molar refractivity (Wildman–Crippen MR) is 144 cm³/mol. The smallest absolute Gasteiger partial charge is 0.127 e. The van der Waals surface area contributed by atoms with E-state index >= 15 is 4.39 Å². The van der Waals surface area contributed by atoms with Crippen molar-refractivity contribution in [2.24, 2.45) is 5.41 Å². The molecule has 1 N–H and O–H groups in total. The summed E-state index contributed by atoms with van der Waals surface area (Å²) in [5.41, 5.74) is 0.884. The number of rotatable bonds is 10. The number of pyridine rings is 1. The normalized spacial score (nSPS) is 16.9. The summed E-state index contributed by atoms with van der Waals surface area (Å²) in [6, 6.07) is 13.3. The monoisotopic (exact) mass is 536 g/mol. The molecule has 1 fully saturated rings. The van der Waals surface area contributed by atoms with Crippen LogP contribution in [-0.4, -0.2) is 54.1 Å². The lowest BCUT2D eigenvalue weighted by Gasteiger charge is -2.41. The number of aliphatic hydroxyl groups is 1. The molecule has 0 spiro atoms. The van der Waals surface area contributed by atoms with Crippen molar-refractivity contribution >= 4 is 45.9 Å². The lowest BCUT2D eigenvalue weighted by molar-refractivity contribution is 0.0323. The Morgan fingerprint density at radius 1 is 1.17 bits per heavy atom. The summed E-state index contributed by atoms with van der Waals surface area (Å²) in [5.74, 6) is 1.60. The predicted octanol–water partition coefficient (Wildman–Crippen LogP) is 7.21. The molecular formula is C27H31Cl2FN2O2S. The van der Waals surface area contributed by atoms with E-state index < -0.39 is 6.17 Å². The number of piperidine rings is 1. The number of likely N-dealkylation sites (tertiary alicyclic amines) is 1. The van der Waals surface area contributed by atoms with Crippen molar-refractivity contribution in [2.45, 2.75) is 36.8 Å². The highest BCUT2D eigenvalue weighted by Gasteiger charge is 2.35. The van der Waals surface area contributed by atoms with E-state index in [2.05, 4.69) is 9.88 Å². The van der Waals surface area contributed by atoms with Crippen LogP contribution in [0.25, 0.3) is 10.9 Å². The second kappa shape index (κ2) is 12.1. The van der Waals surface area contributed by atoms with Gasteiger partial charge in [0.15, 0.2) is 0 Å². The number of thioether (sulfide) groups is 1. The van der Waals surface area contributed by atoms with Crippen molar-refractivity contribution in [3.8, 4) is 5.75 Å². The number of benzene rings is 2. The number of methoxy groups -OCH3 is 1. The van der Waals surface area contributed by atoms with E-state index in [9.17, 15) is 5.11 Å². The van der Waals surface area contributed by atoms with Gasteiger partial charge in [-0.3, -0.25) is 4.98 Å². The first-order valence-corrected chi connectivity index (χ1v) is 13.7. The molecule has 1 unspecified atom stereocenters. The van der Waals surface area contributed by atoms with Crippen molar-refractivity contribution in [1.29, 1.82) is 0 Å². The first-order chi connectivity index (χ1) is 16.9. The van der Waals surface area contributed by atoms with E-state index in [1.807, 2.05) is 36.4 Å². The molecule has 1 atom stereocenters. The molecule has 0 amide bonds. The SMILES string of the molecule is COc1ccc2ncc(Cl)c(C(F)CCC3(CO)CCN(CCSc4ccccc4Cl)CC3)c2c1. The first kappa shape index (κ1) is 26.5. The molecule has 4 nitrogen and oxygen atoms in total. The lowest BCUT2D eigenvalue weighted by Crippen LogP contribution is -2.42. The average molecular weight is 538 g/mol. The van der Waals surface area contributed by atoms with Crippen molar-refractivity contribution in [3.05, 3.63) is 64.3 Å². The molecule has 1 saturated heterocycles. The summed E-state index contributed by atoms with van der Waals surface area (Å²) in [4.78, 5) is 7.85. The molecule has 1 aliphatic rings. The molecule has 0 bridgehead atoms. The van der Waals surface area contributed by atoms with Crippen molar-refractivity contribution in [1.82, 2.24) is 9.88 Å². The van der Waals surface area contributed by atoms with Crippen LogP contribution in [0.4, 0.5) is 4.39 Å². The van der Waals surface area contributed by atoms with E-state index in [0.717, 1.165) is 48.1 Å². The maximum Gasteiger partial charge on any atom is 0.127 e. The number of nitrogens with zero attached hydrogens (tertiary/aromatic N) is 2. The Hall–Kier alpha value is -1.57. The average Bonchev–Trinajstić information content (AvgIpc) is 2.89. The number of aromatic nitrogens is 1. The fourth-order valence-electron chi connectivity index (χ4n) is 4.78. The van der Waals surface area contributed by atoms with Gasteiger partial charge in [0.25, 0.3) is 0 Å². The number of fused-ring (bicyclic) bond motifs is 1. The molecular weight excluding hydrogens is 506 g/mol. The third kappa shape index (κ3) is 6.41. The largest absolute Gasteiger partial charge is 0.497 e. The van der Waals surface area contributed by atoms with Gasteiger partial charge in [-0.05, 0) is 74.5 Å². The zero-order valence-corrected chi connectivity index (χ0v) is 22.2. The van der Waals surface area contributed by atoms with Gasteiger partial charge in [0.1, 0.15) is 11.9 Å². The molecule has 35 heavy (non-hydrogen) atoms. The zero-order valence-electron chi connectivity index (χ0n) is 19.9. The van der Waals surface area contributed by atoms with Crippen molar-refractivity contribution in [3.63, 3.8) is 0 Å². The van der Waals surface area contributed by atoms with Gasteiger partial charge < -0.3 is 14.7 Å². The molecule has 3 aromatic rings. The van der Waals surface area contributed by atoms with Crippen LogP contribution in [0.5, 0.6) is 5.75 Å². The summed E-state index contributed by atoms with van der Waals surface area (Å²) >= 11 is 14.4. The molecule has 0 saturated carbocycles. The standard InChI is InChI=1S/C27H31Cl2FN2O2S/c1-34-19-6-7-24-20(16-19)26(22(29)17-31-24)23(30)8-9-27(18-33)10-12-32(13-11-27)14-15-35-25-5-3-2-4-21(25)28/h2-7,16-17,23,33H,8-15,18H2,1H3. The zero-order chi connectivity index (χ0) is 24.8. The maximum absolute atomic E-state index is 15.6. The Kier molecular flexibility index (Phi) is 9.17. The third-order valence-electron chi connectivity index (χ3n) is 7.06. The lowest BCUT2D eigenvalue weighted by atomic mass is 9.74. The molecule has 188 valence electrons. The fourth-order valence-corrected chi connectivity index (χ4v) is 6.29. The van der Waals surface area contributed by atoms with Crippen LogP contribution >= 0.6 is 35.0 Å². The third-order valence-corrected chi connectivity index (χ3v) is 8.86. The van der Waals surface area contributed by atoms with Gasteiger partial charge in [-0.15, -0.1) is 11.8 Å². The van der Waals surface area contributed by atoms with E-state index in [-0.39, 0.29) is 12.0 Å². The summed E-state index contributed by atoms with van der Waals surface area (Å²) in [5, 5.41) is 12.0. The Morgan fingerprint density at radius 2 is 1.94 bits per heavy atom. The Morgan fingerprint density at radius 3 is 2.66 bits per heavy atom. The highest BCUT2D eigenvalue weighted by Crippen LogP contribution is 2.42. The Balaban J connectivity index is 1.34. The first-order valence-electron chi connectivity index (χ1n) is 11.9. The molecule has 4 rings (SSSR count). The van der Waals surface area contributed by atoms with Gasteiger partial charge in [0, 0.05) is 40.9 Å². The minimum atomic E-state index is -1.24. The molecule has 0 aliphatic carbocycles. The minimum absolute atomic E-state index is 0.0700. The van der Waals surface area contributed by atoms with Gasteiger partial charge >= 0.3 is 0 Å². The van der Waals surface area contributed by atoms with Crippen molar-refractivity contribution < 1.29 is 14.2 Å². The van der Waals surface area contributed by atoms with Crippen LogP contribution in [-0.2, 0) is 0 Å². The fraction of sp³-hybridized carbons (Fsp3) is 0.444. The van der Waals surface area contributed by atoms with E-state index in [1.54, 1.807) is 24.9 Å². The number of ether oxygens (including phenoxy) is 1.